The van der Waals surface area contributed by atoms with Crippen LogP contribution in [0.4, 0.5) is 0 Å². The number of aliphatic carboxylic acids is 1. The van der Waals surface area contributed by atoms with E-state index in [0.717, 1.165) is 11.1 Å². The highest BCUT2D eigenvalue weighted by molar-refractivity contribution is 5.78. The van der Waals surface area contributed by atoms with Crippen LogP contribution >= 0.6 is 0 Å². The van der Waals surface area contributed by atoms with E-state index in [1.807, 2.05) is 32.0 Å². The summed E-state index contributed by atoms with van der Waals surface area (Å²) in [7, 11) is 0. The number of carboxylic acids is 1. The second-order valence-corrected chi connectivity index (χ2v) is 4.53. The Bertz CT molecular complexity index is 486. The molecule has 0 fully saturated rings. The van der Waals surface area contributed by atoms with Gasteiger partial charge < -0.3 is 20.3 Å². The van der Waals surface area contributed by atoms with E-state index in [2.05, 4.69) is 5.32 Å². The first-order chi connectivity index (χ1) is 9.40. The quantitative estimate of drug-likeness (QED) is 0.681. The Labute approximate surface area is 117 Å². The van der Waals surface area contributed by atoms with Gasteiger partial charge >= 0.3 is 5.97 Å². The van der Waals surface area contributed by atoms with Gasteiger partial charge in [0.15, 0.2) is 6.10 Å². The molecule has 0 spiro atoms. The Morgan fingerprint density at radius 2 is 2.05 bits per heavy atom. The van der Waals surface area contributed by atoms with Gasteiger partial charge in [-0.15, -0.1) is 0 Å². The Hall–Kier alpha value is -2.08. The van der Waals surface area contributed by atoms with E-state index in [9.17, 15) is 9.59 Å². The molecule has 0 aromatic heterocycles. The maximum absolute atomic E-state index is 11.4. The number of hydrogen-bond acceptors (Lipinski definition) is 4. The molecule has 0 aliphatic rings. The molecule has 0 aliphatic heterocycles. The minimum absolute atomic E-state index is 0.0969. The maximum atomic E-state index is 11.4. The molecular formula is C14H19NO5. The van der Waals surface area contributed by atoms with Gasteiger partial charge in [-0.3, -0.25) is 4.79 Å². The average Bonchev–Trinajstić information content (AvgIpc) is 2.38. The van der Waals surface area contributed by atoms with E-state index in [0.29, 0.717) is 5.75 Å². The fraction of sp³-hybridized carbons (Fsp3) is 0.429. The summed E-state index contributed by atoms with van der Waals surface area (Å²) >= 11 is 0. The molecule has 0 saturated carbocycles. The van der Waals surface area contributed by atoms with Gasteiger partial charge in [0.05, 0.1) is 19.6 Å². The third-order valence-corrected chi connectivity index (χ3v) is 2.69. The minimum Gasteiger partial charge on any atom is -0.493 e. The van der Waals surface area contributed by atoms with Crippen molar-refractivity contribution in [3.05, 3.63) is 29.3 Å². The van der Waals surface area contributed by atoms with E-state index >= 15 is 0 Å². The maximum Gasteiger partial charge on any atom is 0.334 e. The number of aliphatic hydroxyl groups excluding tert-OH is 1. The van der Waals surface area contributed by atoms with Crippen molar-refractivity contribution in [2.75, 3.05) is 13.2 Å². The molecule has 1 unspecified atom stereocenters. The molecule has 0 radical (unpaired) electrons. The molecule has 0 heterocycles. The zero-order valence-corrected chi connectivity index (χ0v) is 11.5. The highest BCUT2D eigenvalue weighted by Crippen LogP contribution is 2.18. The summed E-state index contributed by atoms with van der Waals surface area (Å²) in [5.41, 5.74) is 2.13. The summed E-state index contributed by atoms with van der Waals surface area (Å²) in [6.45, 7) is 3.79. The standard InChI is InChI=1S/C14H19NO5/c1-9-3-4-12(10(2)7-9)20-6-5-13(17)15-8-11(16)14(18)19/h3-4,7,11,16H,5-6,8H2,1-2H3,(H,15,17)(H,18,19). The number of hydrogen-bond donors (Lipinski definition) is 3. The SMILES string of the molecule is Cc1ccc(OCCC(=O)NCC(O)C(=O)O)c(C)c1. The molecule has 20 heavy (non-hydrogen) atoms. The van der Waals surface area contributed by atoms with Crippen LogP contribution in [-0.2, 0) is 9.59 Å². The summed E-state index contributed by atoms with van der Waals surface area (Å²) in [5.74, 6) is -1.01. The smallest absolute Gasteiger partial charge is 0.334 e. The minimum atomic E-state index is -1.58. The molecule has 1 atom stereocenters. The van der Waals surface area contributed by atoms with Crippen LogP contribution in [-0.4, -0.2) is 41.3 Å². The van der Waals surface area contributed by atoms with Crippen molar-refractivity contribution >= 4 is 11.9 Å². The highest BCUT2D eigenvalue weighted by atomic mass is 16.5. The number of amides is 1. The van der Waals surface area contributed by atoms with Gasteiger partial charge in [-0.2, -0.15) is 0 Å². The van der Waals surface area contributed by atoms with E-state index in [1.54, 1.807) is 0 Å². The fourth-order valence-corrected chi connectivity index (χ4v) is 1.60. The van der Waals surface area contributed by atoms with Crippen molar-refractivity contribution in [3.8, 4) is 5.75 Å². The summed E-state index contributed by atoms with van der Waals surface area (Å²) < 4.78 is 5.48. The van der Waals surface area contributed by atoms with E-state index in [1.165, 1.54) is 0 Å². The topological polar surface area (TPSA) is 95.9 Å². The predicted molar refractivity (Wildman–Crippen MR) is 72.7 cm³/mol. The molecular weight excluding hydrogens is 262 g/mol. The normalized spacial score (nSPS) is 11.8. The van der Waals surface area contributed by atoms with Crippen LogP contribution in [0, 0.1) is 13.8 Å². The van der Waals surface area contributed by atoms with Crippen LogP contribution < -0.4 is 10.1 Å². The summed E-state index contributed by atoms with van der Waals surface area (Å²) in [6, 6.07) is 5.75. The third kappa shape index (κ3) is 5.27. The number of aryl methyl sites for hydroxylation is 2. The monoisotopic (exact) mass is 281 g/mol. The van der Waals surface area contributed by atoms with E-state index in [4.69, 9.17) is 14.9 Å². The van der Waals surface area contributed by atoms with Crippen molar-refractivity contribution < 1.29 is 24.5 Å². The van der Waals surface area contributed by atoms with Gasteiger partial charge in [0, 0.05) is 0 Å². The van der Waals surface area contributed by atoms with E-state index in [-0.39, 0.29) is 25.5 Å². The van der Waals surface area contributed by atoms with Crippen LogP contribution in [0.25, 0.3) is 0 Å². The van der Waals surface area contributed by atoms with Gasteiger partial charge in [-0.1, -0.05) is 17.7 Å². The molecule has 0 aliphatic carbocycles. The largest absolute Gasteiger partial charge is 0.493 e. The number of rotatable bonds is 7. The molecule has 0 bridgehead atoms. The van der Waals surface area contributed by atoms with Gasteiger partial charge in [-0.25, -0.2) is 4.79 Å². The molecule has 6 nitrogen and oxygen atoms in total. The van der Waals surface area contributed by atoms with Gasteiger partial charge in [0.2, 0.25) is 5.91 Å². The number of carboxylic acid groups (broad SMARTS) is 1. The number of benzene rings is 1. The van der Waals surface area contributed by atoms with Gasteiger partial charge in [0.1, 0.15) is 5.75 Å². The Balaban J connectivity index is 2.30. The van der Waals surface area contributed by atoms with Crippen molar-refractivity contribution in [2.45, 2.75) is 26.4 Å². The fourth-order valence-electron chi connectivity index (χ4n) is 1.60. The molecule has 1 rings (SSSR count). The Morgan fingerprint density at radius 3 is 2.65 bits per heavy atom. The average molecular weight is 281 g/mol. The number of carbonyl (C=O) groups excluding carboxylic acids is 1. The number of nitrogens with one attached hydrogen (secondary N) is 1. The van der Waals surface area contributed by atoms with Crippen molar-refractivity contribution in [3.63, 3.8) is 0 Å². The lowest BCUT2D eigenvalue weighted by molar-refractivity contribution is -0.146. The third-order valence-electron chi connectivity index (χ3n) is 2.69. The molecule has 110 valence electrons. The number of ether oxygens (including phenoxy) is 1. The molecule has 6 heteroatoms. The zero-order valence-electron chi connectivity index (χ0n) is 11.5. The molecule has 1 aromatic carbocycles. The first-order valence-electron chi connectivity index (χ1n) is 6.27. The van der Waals surface area contributed by atoms with Crippen molar-refractivity contribution in [1.29, 1.82) is 0 Å². The summed E-state index contributed by atoms with van der Waals surface area (Å²) in [6.07, 6.45) is -1.49. The number of aliphatic hydroxyl groups is 1. The van der Waals surface area contributed by atoms with Gasteiger partial charge in [0.25, 0.3) is 0 Å². The Morgan fingerprint density at radius 1 is 1.35 bits per heavy atom. The van der Waals surface area contributed by atoms with Crippen molar-refractivity contribution in [2.24, 2.45) is 0 Å². The van der Waals surface area contributed by atoms with Crippen LogP contribution in [0.3, 0.4) is 0 Å². The lowest BCUT2D eigenvalue weighted by Gasteiger charge is -2.10. The lowest BCUT2D eigenvalue weighted by Crippen LogP contribution is -2.36. The summed E-state index contributed by atoms with van der Waals surface area (Å²) in [5, 5.41) is 19.8. The van der Waals surface area contributed by atoms with Crippen LogP contribution in [0.1, 0.15) is 17.5 Å². The molecule has 1 aromatic rings. The highest BCUT2D eigenvalue weighted by Gasteiger charge is 2.13. The Kier molecular flexibility index (Phi) is 5.99. The zero-order chi connectivity index (χ0) is 15.1. The second kappa shape index (κ2) is 7.49. The van der Waals surface area contributed by atoms with Crippen LogP contribution in [0.2, 0.25) is 0 Å². The summed E-state index contributed by atoms with van der Waals surface area (Å²) in [4.78, 5) is 21.8. The first-order valence-corrected chi connectivity index (χ1v) is 6.27. The van der Waals surface area contributed by atoms with E-state index < -0.39 is 12.1 Å². The predicted octanol–water partition coefficient (Wildman–Crippen LogP) is 0.634. The lowest BCUT2D eigenvalue weighted by atomic mass is 10.1. The molecule has 0 saturated heterocycles. The van der Waals surface area contributed by atoms with Gasteiger partial charge in [-0.05, 0) is 25.5 Å². The molecule has 1 amide bonds. The molecule has 3 N–H and O–H groups in total. The van der Waals surface area contributed by atoms with Crippen LogP contribution in [0.5, 0.6) is 5.75 Å². The number of carbonyl (C=O) groups is 2. The van der Waals surface area contributed by atoms with Crippen LogP contribution in [0.15, 0.2) is 18.2 Å². The second-order valence-electron chi connectivity index (χ2n) is 4.53. The first kappa shape index (κ1) is 16.0. The van der Waals surface area contributed by atoms with Crippen molar-refractivity contribution in [1.82, 2.24) is 5.32 Å².